The number of halogens is 1. The number of amides is 1. The second kappa shape index (κ2) is 9.29. The minimum absolute atomic E-state index is 0.0144. The van der Waals surface area contributed by atoms with Crippen molar-refractivity contribution in [3.8, 4) is 0 Å². The number of aliphatic imine (C=N–C) groups is 1. The van der Waals surface area contributed by atoms with Gasteiger partial charge in [0.1, 0.15) is 0 Å². The summed E-state index contributed by atoms with van der Waals surface area (Å²) in [5.74, 6) is 0.871. The zero-order valence-electron chi connectivity index (χ0n) is 17.0. The first-order valence-corrected chi connectivity index (χ1v) is 11.4. The van der Waals surface area contributed by atoms with Crippen molar-refractivity contribution in [2.24, 2.45) is 4.99 Å². The maximum atomic E-state index is 12.5. The van der Waals surface area contributed by atoms with Crippen LogP contribution in [-0.4, -0.2) is 57.1 Å². The number of nitrogens with two attached hydrogens (primary N) is 2. The summed E-state index contributed by atoms with van der Waals surface area (Å²) in [6.45, 7) is 2.55. The molecule has 1 spiro atoms. The van der Waals surface area contributed by atoms with Gasteiger partial charge in [0.2, 0.25) is 0 Å². The molecule has 3 heterocycles. The third-order valence-corrected chi connectivity index (χ3v) is 6.86. The topological polar surface area (TPSA) is 135 Å². The Morgan fingerprint density at radius 2 is 1.94 bits per heavy atom. The Hall–Kier alpha value is -2.56. The largest absolute Gasteiger partial charge is 0.382 e. The predicted octanol–water partition coefficient (Wildman–Crippen LogP) is 1.71. The van der Waals surface area contributed by atoms with Gasteiger partial charge in [-0.3, -0.25) is 19.4 Å². The van der Waals surface area contributed by atoms with Gasteiger partial charge in [-0.05, 0) is 24.8 Å². The second-order valence-electron chi connectivity index (χ2n) is 7.66. The van der Waals surface area contributed by atoms with Crippen LogP contribution >= 0.6 is 23.5 Å². The van der Waals surface area contributed by atoms with E-state index >= 15 is 0 Å². The van der Waals surface area contributed by atoms with Crippen LogP contribution in [0.15, 0.2) is 35.3 Å². The first kappa shape index (κ1) is 21.7. The molecule has 1 amide bonds. The van der Waals surface area contributed by atoms with Crippen LogP contribution in [0.4, 0.5) is 11.6 Å². The lowest BCUT2D eigenvalue weighted by Crippen LogP contribution is -2.55. The highest BCUT2D eigenvalue weighted by Gasteiger charge is 2.39. The van der Waals surface area contributed by atoms with E-state index in [1.807, 2.05) is 18.0 Å². The molecule has 4 rings (SSSR count). The molecule has 0 radical (unpaired) electrons. The Labute approximate surface area is 190 Å². The summed E-state index contributed by atoms with van der Waals surface area (Å²) < 4.78 is 2.42. The number of aromatic nitrogens is 2. The summed E-state index contributed by atoms with van der Waals surface area (Å²) in [7, 11) is 0. The van der Waals surface area contributed by atoms with Crippen molar-refractivity contribution in [3.05, 3.63) is 46.7 Å². The standard InChI is InChI=1S/C20H25ClN8OS/c21-15-17(23)26-16(22)14(25-15)18(30)27-19-24-12-20(28-19)7-9-29(10-8-20)31-11-6-13-4-2-1-3-5-13/h1-5H,6-12H2,(H4,22,23,26)(H2,24,27,28,30). The van der Waals surface area contributed by atoms with Gasteiger partial charge in [-0.2, -0.15) is 0 Å². The molecule has 2 aromatic rings. The van der Waals surface area contributed by atoms with Crippen LogP contribution in [0.3, 0.4) is 0 Å². The van der Waals surface area contributed by atoms with Crippen molar-refractivity contribution < 1.29 is 4.79 Å². The lowest BCUT2D eigenvalue weighted by atomic mass is 9.89. The molecule has 1 aromatic carbocycles. The fourth-order valence-electron chi connectivity index (χ4n) is 3.67. The number of nitrogen functional groups attached to an aromatic ring is 2. The Balaban J connectivity index is 1.24. The molecule has 1 saturated heterocycles. The van der Waals surface area contributed by atoms with Gasteiger partial charge in [0.25, 0.3) is 5.91 Å². The minimum atomic E-state index is -0.524. The van der Waals surface area contributed by atoms with Crippen LogP contribution in [0.2, 0.25) is 5.15 Å². The quantitative estimate of drug-likeness (QED) is 0.495. The van der Waals surface area contributed by atoms with E-state index in [0.717, 1.165) is 38.1 Å². The molecule has 6 N–H and O–H groups in total. The normalized spacial score (nSPS) is 17.9. The summed E-state index contributed by atoms with van der Waals surface area (Å²) in [4.78, 5) is 24.8. The number of piperidine rings is 1. The SMILES string of the molecule is Nc1nc(N)c(C(=O)NC2=NCC3(CCN(SCCc4ccccc4)CC3)N2)nc1Cl. The zero-order chi connectivity index (χ0) is 21.8. The van der Waals surface area contributed by atoms with E-state index in [0.29, 0.717) is 12.5 Å². The number of anilines is 2. The number of rotatable bonds is 5. The van der Waals surface area contributed by atoms with Crippen molar-refractivity contribution in [1.82, 2.24) is 24.9 Å². The van der Waals surface area contributed by atoms with Crippen molar-refractivity contribution in [2.75, 3.05) is 36.9 Å². The van der Waals surface area contributed by atoms with E-state index in [1.54, 1.807) is 0 Å². The molecule has 11 heteroatoms. The van der Waals surface area contributed by atoms with E-state index < -0.39 is 5.91 Å². The van der Waals surface area contributed by atoms with Gasteiger partial charge in [-0.1, -0.05) is 53.9 Å². The highest BCUT2D eigenvalue weighted by atomic mass is 35.5. The molecule has 31 heavy (non-hydrogen) atoms. The maximum absolute atomic E-state index is 12.5. The fraction of sp³-hybridized carbons (Fsp3) is 0.400. The van der Waals surface area contributed by atoms with Crippen LogP contribution in [0.5, 0.6) is 0 Å². The molecule has 0 atom stereocenters. The summed E-state index contributed by atoms with van der Waals surface area (Å²) in [6, 6.07) is 10.5. The van der Waals surface area contributed by atoms with Crippen molar-refractivity contribution in [3.63, 3.8) is 0 Å². The monoisotopic (exact) mass is 460 g/mol. The smallest absolute Gasteiger partial charge is 0.280 e. The van der Waals surface area contributed by atoms with E-state index in [1.165, 1.54) is 5.56 Å². The minimum Gasteiger partial charge on any atom is -0.382 e. The Kier molecular flexibility index (Phi) is 6.49. The number of nitrogens with one attached hydrogen (secondary N) is 2. The van der Waals surface area contributed by atoms with Crippen molar-refractivity contribution in [1.29, 1.82) is 0 Å². The van der Waals surface area contributed by atoms with Gasteiger partial charge in [-0.15, -0.1) is 0 Å². The van der Waals surface area contributed by atoms with Crippen LogP contribution in [0.1, 0.15) is 28.9 Å². The lowest BCUT2D eigenvalue weighted by molar-refractivity contribution is 0.0971. The summed E-state index contributed by atoms with van der Waals surface area (Å²) in [5, 5.41) is 6.05. The van der Waals surface area contributed by atoms with Gasteiger partial charge in [0.05, 0.1) is 12.1 Å². The molecular weight excluding hydrogens is 436 g/mol. The molecule has 2 aliphatic heterocycles. The van der Waals surface area contributed by atoms with Crippen LogP contribution in [0, 0.1) is 0 Å². The van der Waals surface area contributed by atoms with Gasteiger partial charge >= 0.3 is 0 Å². The van der Waals surface area contributed by atoms with Gasteiger partial charge in [0.15, 0.2) is 28.4 Å². The molecular formula is C20H25ClN8OS. The van der Waals surface area contributed by atoms with Crippen molar-refractivity contribution >= 4 is 47.1 Å². The third kappa shape index (κ3) is 5.20. The average Bonchev–Trinajstić information content (AvgIpc) is 3.15. The van der Waals surface area contributed by atoms with Gasteiger partial charge in [-0.25, -0.2) is 9.97 Å². The maximum Gasteiger partial charge on any atom is 0.280 e. The van der Waals surface area contributed by atoms with Crippen LogP contribution < -0.4 is 22.1 Å². The van der Waals surface area contributed by atoms with Gasteiger partial charge in [0, 0.05) is 18.8 Å². The molecule has 0 aliphatic carbocycles. The Bertz CT molecular complexity index is 979. The molecule has 164 valence electrons. The summed E-state index contributed by atoms with van der Waals surface area (Å²) in [5.41, 5.74) is 12.5. The number of hydrogen-bond donors (Lipinski definition) is 4. The number of nitrogens with zero attached hydrogens (tertiary/aromatic N) is 4. The Morgan fingerprint density at radius 3 is 2.68 bits per heavy atom. The third-order valence-electron chi connectivity index (χ3n) is 5.46. The van der Waals surface area contributed by atoms with Gasteiger partial charge < -0.3 is 16.8 Å². The van der Waals surface area contributed by atoms with Crippen molar-refractivity contribution in [2.45, 2.75) is 24.8 Å². The first-order valence-electron chi connectivity index (χ1n) is 10.1. The summed E-state index contributed by atoms with van der Waals surface area (Å²) in [6.07, 6.45) is 2.96. The van der Waals surface area contributed by atoms with E-state index in [4.69, 9.17) is 23.1 Å². The average molecular weight is 461 g/mol. The molecule has 9 nitrogen and oxygen atoms in total. The number of carbonyl (C=O) groups is 1. The zero-order valence-corrected chi connectivity index (χ0v) is 18.5. The van der Waals surface area contributed by atoms with Crippen LogP contribution in [-0.2, 0) is 6.42 Å². The number of benzene rings is 1. The molecule has 2 aliphatic rings. The van der Waals surface area contributed by atoms with E-state index in [2.05, 4.69) is 54.2 Å². The van der Waals surface area contributed by atoms with E-state index in [9.17, 15) is 4.79 Å². The summed E-state index contributed by atoms with van der Waals surface area (Å²) >= 11 is 7.75. The lowest BCUT2D eigenvalue weighted by Gasteiger charge is -2.38. The second-order valence-corrected chi connectivity index (χ2v) is 9.20. The molecule has 0 bridgehead atoms. The molecule has 1 aromatic heterocycles. The van der Waals surface area contributed by atoms with E-state index in [-0.39, 0.29) is 28.0 Å². The molecule has 0 saturated carbocycles. The number of hydrogen-bond acceptors (Lipinski definition) is 9. The number of carbonyl (C=O) groups excluding carboxylic acids is 1. The predicted molar refractivity (Wildman–Crippen MR) is 125 cm³/mol. The number of guanidine groups is 1. The highest BCUT2D eigenvalue weighted by Crippen LogP contribution is 2.29. The van der Waals surface area contributed by atoms with Crippen LogP contribution in [0.25, 0.3) is 0 Å². The fourth-order valence-corrected chi connectivity index (χ4v) is 4.82. The Morgan fingerprint density at radius 1 is 1.19 bits per heavy atom. The molecule has 1 fully saturated rings. The first-order chi connectivity index (χ1) is 14.9. The number of aryl methyl sites for hydroxylation is 1. The highest BCUT2D eigenvalue weighted by molar-refractivity contribution is 7.97. The molecule has 0 unspecified atom stereocenters.